The molecule has 0 bridgehead atoms. The van der Waals surface area contributed by atoms with Crippen LogP contribution >= 0.6 is 11.6 Å². The van der Waals surface area contributed by atoms with Gasteiger partial charge in [-0.1, -0.05) is 11.6 Å². The average molecular weight is 401 g/mol. The van der Waals surface area contributed by atoms with Gasteiger partial charge in [0.1, 0.15) is 5.75 Å². The third-order valence-corrected chi connectivity index (χ3v) is 6.95. The lowest BCUT2D eigenvalue weighted by atomic mass is 9.91. The summed E-state index contributed by atoms with van der Waals surface area (Å²) >= 11 is 6.42. The molecule has 0 radical (unpaired) electrons. The van der Waals surface area contributed by atoms with Crippen molar-refractivity contribution in [2.75, 3.05) is 13.1 Å². The zero-order valence-electron chi connectivity index (χ0n) is 16.3. The molecule has 3 saturated carbocycles. The second kappa shape index (κ2) is 7.72. The van der Waals surface area contributed by atoms with Gasteiger partial charge in [0.25, 0.3) is 5.56 Å². The summed E-state index contributed by atoms with van der Waals surface area (Å²) in [6, 6.07) is 6.26. The van der Waals surface area contributed by atoms with E-state index in [0.717, 1.165) is 36.1 Å². The van der Waals surface area contributed by atoms with Gasteiger partial charge in [0.15, 0.2) is 0 Å². The van der Waals surface area contributed by atoms with Crippen LogP contribution in [0.2, 0.25) is 5.02 Å². The van der Waals surface area contributed by atoms with Gasteiger partial charge in [-0.2, -0.15) is 0 Å². The quantitative estimate of drug-likeness (QED) is 0.711. The lowest BCUT2D eigenvalue weighted by Crippen LogP contribution is -2.42. The summed E-state index contributed by atoms with van der Waals surface area (Å²) in [6.45, 7) is 2.63. The molecule has 1 aromatic heterocycles. The summed E-state index contributed by atoms with van der Waals surface area (Å²) in [4.78, 5) is 17.4. The number of nitrogens with one attached hydrogen (secondary N) is 1. The topological polar surface area (TPSA) is 45.3 Å². The predicted octanol–water partition coefficient (Wildman–Crippen LogP) is 4.99. The first-order valence-corrected chi connectivity index (χ1v) is 11.2. The van der Waals surface area contributed by atoms with Gasteiger partial charge in [-0.05, 0) is 86.8 Å². The Kier molecular flexibility index (Phi) is 5.10. The molecule has 28 heavy (non-hydrogen) atoms. The molecule has 0 aliphatic heterocycles. The monoisotopic (exact) mass is 400 g/mol. The molecule has 0 atom stereocenters. The zero-order valence-corrected chi connectivity index (χ0v) is 17.1. The molecular weight excluding hydrogens is 372 g/mol. The summed E-state index contributed by atoms with van der Waals surface area (Å²) in [6.07, 6.45) is 12.2. The number of pyridine rings is 1. The minimum absolute atomic E-state index is 0.113. The first-order valence-electron chi connectivity index (χ1n) is 10.9. The van der Waals surface area contributed by atoms with Crippen molar-refractivity contribution < 1.29 is 4.74 Å². The number of ether oxygens (including phenoxy) is 1. The number of H-pyrrole nitrogens is 1. The molecule has 0 unspecified atom stereocenters. The van der Waals surface area contributed by atoms with E-state index < -0.39 is 0 Å². The molecule has 2 aromatic rings. The molecule has 3 fully saturated rings. The highest BCUT2D eigenvalue weighted by molar-refractivity contribution is 6.32. The third kappa shape index (κ3) is 4.23. The van der Waals surface area contributed by atoms with Crippen molar-refractivity contribution in [3.8, 4) is 5.75 Å². The summed E-state index contributed by atoms with van der Waals surface area (Å²) in [5.74, 6) is 2.63. The molecular formula is C23H29ClN2O2. The van der Waals surface area contributed by atoms with Gasteiger partial charge in [0.2, 0.25) is 0 Å². The summed E-state index contributed by atoms with van der Waals surface area (Å²) in [5.41, 5.74) is -0.113. The fourth-order valence-corrected chi connectivity index (χ4v) is 4.83. The van der Waals surface area contributed by atoms with Gasteiger partial charge in [-0.25, -0.2) is 0 Å². The molecule has 3 aliphatic rings. The van der Waals surface area contributed by atoms with Crippen molar-refractivity contribution in [3.05, 3.63) is 39.8 Å². The average Bonchev–Trinajstić information content (AvgIpc) is 3.60. The van der Waals surface area contributed by atoms with E-state index in [1.165, 1.54) is 51.6 Å². The standard InChI is InChI=1S/C23H29ClN2O2/c24-21-12-20-17(9-10-25-23(20)27)11-22(21)28-19-7-5-18(6-8-19)26(13-15-1-2-15)14-16-3-4-16/h9-12,15-16,18-19H,1-8,13-14H2,(H,25,27). The number of benzene rings is 1. The van der Waals surface area contributed by atoms with Gasteiger partial charge in [-0.15, -0.1) is 0 Å². The van der Waals surface area contributed by atoms with Crippen LogP contribution in [0.25, 0.3) is 10.8 Å². The molecule has 0 amide bonds. The molecule has 5 rings (SSSR count). The van der Waals surface area contributed by atoms with E-state index in [-0.39, 0.29) is 11.7 Å². The van der Waals surface area contributed by atoms with Crippen LogP contribution in [0.15, 0.2) is 29.2 Å². The normalized spacial score (nSPS) is 25.4. The van der Waals surface area contributed by atoms with Crippen LogP contribution in [0.4, 0.5) is 0 Å². The van der Waals surface area contributed by atoms with Crippen LogP contribution in [0.1, 0.15) is 51.4 Å². The van der Waals surface area contributed by atoms with E-state index in [1.807, 2.05) is 12.1 Å². The van der Waals surface area contributed by atoms with E-state index in [0.29, 0.717) is 16.2 Å². The van der Waals surface area contributed by atoms with Crippen LogP contribution in [0.3, 0.4) is 0 Å². The Labute approximate surface area is 171 Å². The van der Waals surface area contributed by atoms with Crippen molar-refractivity contribution in [2.45, 2.75) is 63.5 Å². The van der Waals surface area contributed by atoms with Crippen molar-refractivity contribution >= 4 is 22.4 Å². The Hall–Kier alpha value is -1.52. The fourth-order valence-electron chi connectivity index (χ4n) is 4.62. The number of aromatic amines is 1. The number of fused-ring (bicyclic) bond motifs is 1. The number of rotatable bonds is 7. The second-order valence-corrected chi connectivity index (χ2v) is 9.47. The van der Waals surface area contributed by atoms with Crippen molar-refractivity contribution in [2.24, 2.45) is 11.8 Å². The summed E-state index contributed by atoms with van der Waals surface area (Å²) < 4.78 is 6.29. The molecule has 5 heteroatoms. The van der Waals surface area contributed by atoms with E-state index in [2.05, 4.69) is 9.88 Å². The Morgan fingerprint density at radius 1 is 1.00 bits per heavy atom. The highest BCUT2D eigenvalue weighted by atomic mass is 35.5. The smallest absolute Gasteiger partial charge is 0.255 e. The Morgan fingerprint density at radius 3 is 2.32 bits per heavy atom. The molecule has 1 aromatic carbocycles. The van der Waals surface area contributed by atoms with E-state index in [9.17, 15) is 4.79 Å². The van der Waals surface area contributed by atoms with Gasteiger partial charge in [-0.3, -0.25) is 9.69 Å². The van der Waals surface area contributed by atoms with Gasteiger partial charge >= 0.3 is 0 Å². The second-order valence-electron chi connectivity index (χ2n) is 9.07. The Balaban J connectivity index is 1.22. The SMILES string of the molecule is O=c1[nH]ccc2cc(OC3CCC(N(CC4CC4)CC4CC4)CC3)c(Cl)cc12. The predicted molar refractivity (Wildman–Crippen MR) is 113 cm³/mol. The van der Waals surface area contributed by atoms with Crippen molar-refractivity contribution in [1.29, 1.82) is 0 Å². The van der Waals surface area contributed by atoms with Gasteiger partial charge < -0.3 is 9.72 Å². The van der Waals surface area contributed by atoms with Crippen LogP contribution in [0, 0.1) is 11.8 Å². The minimum atomic E-state index is -0.113. The van der Waals surface area contributed by atoms with E-state index in [1.54, 1.807) is 12.3 Å². The maximum atomic E-state index is 11.9. The molecule has 0 spiro atoms. The third-order valence-electron chi connectivity index (χ3n) is 6.66. The molecule has 0 saturated heterocycles. The molecule has 1 N–H and O–H groups in total. The lowest BCUT2D eigenvalue weighted by molar-refractivity contribution is 0.0825. The van der Waals surface area contributed by atoms with Crippen molar-refractivity contribution in [3.63, 3.8) is 0 Å². The van der Waals surface area contributed by atoms with E-state index in [4.69, 9.17) is 16.3 Å². The first-order chi connectivity index (χ1) is 13.7. The maximum absolute atomic E-state index is 11.9. The number of halogens is 1. The molecule has 1 heterocycles. The van der Waals surface area contributed by atoms with Crippen LogP contribution in [0.5, 0.6) is 5.75 Å². The van der Waals surface area contributed by atoms with Crippen LogP contribution < -0.4 is 10.3 Å². The zero-order chi connectivity index (χ0) is 19.1. The Morgan fingerprint density at radius 2 is 1.68 bits per heavy atom. The van der Waals surface area contributed by atoms with Gasteiger partial charge in [0.05, 0.1) is 11.1 Å². The molecule has 150 valence electrons. The highest BCUT2D eigenvalue weighted by Crippen LogP contribution is 2.38. The number of hydrogen-bond acceptors (Lipinski definition) is 3. The Bertz CT molecular complexity index is 881. The fraction of sp³-hybridized carbons (Fsp3) is 0.609. The lowest BCUT2D eigenvalue weighted by Gasteiger charge is -2.37. The highest BCUT2D eigenvalue weighted by Gasteiger charge is 2.34. The maximum Gasteiger partial charge on any atom is 0.255 e. The molecule has 4 nitrogen and oxygen atoms in total. The van der Waals surface area contributed by atoms with Crippen LogP contribution in [-0.4, -0.2) is 35.1 Å². The van der Waals surface area contributed by atoms with Gasteiger partial charge in [0, 0.05) is 30.7 Å². The van der Waals surface area contributed by atoms with Crippen LogP contribution in [-0.2, 0) is 0 Å². The summed E-state index contributed by atoms with van der Waals surface area (Å²) in [5, 5.41) is 2.01. The first kappa shape index (κ1) is 18.5. The molecule has 3 aliphatic carbocycles. The number of aromatic nitrogens is 1. The van der Waals surface area contributed by atoms with Crippen molar-refractivity contribution in [1.82, 2.24) is 9.88 Å². The minimum Gasteiger partial charge on any atom is -0.489 e. The number of hydrogen-bond donors (Lipinski definition) is 1. The number of nitrogens with zero attached hydrogens (tertiary/aromatic N) is 1. The van der Waals surface area contributed by atoms with E-state index >= 15 is 0 Å². The summed E-state index contributed by atoms with van der Waals surface area (Å²) in [7, 11) is 0. The largest absolute Gasteiger partial charge is 0.489 e.